The molecule has 6 rings (SSSR count). The van der Waals surface area contributed by atoms with E-state index in [2.05, 4.69) is 30.5 Å². The van der Waals surface area contributed by atoms with Crippen LogP contribution >= 0.6 is 0 Å². The summed E-state index contributed by atoms with van der Waals surface area (Å²) in [4.78, 5) is 41.7. The normalized spacial score (nSPS) is 25.9. The maximum atomic E-state index is 14.1. The molecule has 13 nitrogen and oxygen atoms in total. The summed E-state index contributed by atoms with van der Waals surface area (Å²) in [5.41, 5.74) is 0.699. The van der Waals surface area contributed by atoms with E-state index in [1.807, 2.05) is 13.8 Å². The van der Waals surface area contributed by atoms with Crippen molar-refractivity contribution in [2.75, 3.05) is 13.2 Å². The zero-order valence-corrected chi connectivity index (χ0v) is 25.5. The Labute approximate surface area is 261 Å². The first-order valence-corrected chi connectivity index (χ1v) is 15.6. The SMILES string of the molecule is CC(C)n1ncnc1C(=O)N[C@H](c1cn2ncc([C@@H]3C[C@@H](O)CCN3C(=O)[C@@H]3CCC(F)(F)CO3)nc2n1)C1CCC(F)(F)CC1. The third kappa shape index (κ3) is 6.70. The molecular formula is C29H37F4N9O4. The Morgan fingerprint density at radius 3 is 2.48 bits per heavy atom. The number of aromatic nitrogens is 7. The van der Waals surface area contributed by atoms with Crippen LogP contribution in [0.25, 0.3) is 5.78 Å². The Morgan fingerprint density at radius 1 is 1.04 bits per heavy atom. The molecule has 3 aromatic rings. The number of carbonyl (C=O) groups is 2. The smallest absolute Gasteiger partial charge is 0.289 e. The summed E-state index contributed by atoms with van der Waals surface area (Å²) in [5, 5.41) is 22.0. The molecule has 3 aliphatic rings. The molecule has 1 aliphatic carbocycles. The maximum absolute atomic E-state index is 14.1. The highest BCUT2D eigenvalue weighted by atomic mass is 19.3. The minimum absolute atomic E-state index is 0.0784. The number of rotatable bonds is 7. The van der Waals surface area contributed by atoms with Gasteiger partial charge in [-0.25, -0.2) is 41.7 Å². The van der Waals surface area contributed by atoms with Crippen LogP contribution in [0.1, 0.15) is 105 Å². The number of likely N-dealkylation sites (tertiary alicyclic amines) is 1. The van der Waals surface area contributed by atoms with Crippen LogP contribution in [0.3, 0.4) is 0 Å². The van der Waals surface area contributed by atoms with Crippen LogP contribution in [0.5, 0.6) is 0 Å². The van der Waals surface area contributed by atoms with Crippen molar-refractivity contribution in [3.63, 3.8) is 0 Å². The van der Waals surface area contributed by atoms with E-state index in [1.165, 1.54) is 26.6 Å². The lowest BCUT2D eigenvalue weighted by molar-refractivity contribution is -0.174. The van der Waals surface area contributed by atoms with Gasteiger partial charge in [-0.2, -0.15) is 10.2 Å². The average molecular weight is 652 g/mol. The largest absolute Gasteiger partial charge is 0.393 e. The lowest BCUT2D eigenvalue weighted by Crippen LogP contribution is -2.50. The Morgan fingerprint density at radius 2 is 1.78 bits per heavy atom. The summed E-state index contributed by atoms with van der Waals surface area (Å²) in [7, 11) is 0. The Kier molecular flexibility index (Phi) is 8.73. The van der Waals surface area contributed by atoms with Crippen LogP contribution in [-0.2, 0) is 9.53 Å². The van der Waals surface area contributed by atoms with Gasteiger partial charge in [-0.05, 0) is 51.9 Å². The first kappa shape index (κ1) is 32.2. The highest BCUT2D eigenvalue weighted by Gasteiger charge is 2.43. The number of halogens is 4. The van der Waals surface area contributed by atoms with E-state index in [0.29, 0.717) is 17.8 Å². The van der Waals surface area contributed by atoms with E-state index >= 15 is 0 Å². The molecule has 3 fully saturated rings. The molecule has 46 heavy (non-hydrogen) atoms. The van der Waals surface area contributed by atoms with Gasteiger partial charge in [0, 0.05) is 31.8 Å². The van der Waals surface area contributed by atoms with Gasteiger partial charge < -0.3 is 20.1 Å². The van der Waals surface area contributed by atoms with Gasteiger partial charge in [0.05, 0.1) is 42.0 Å². The van der Waals surface area contributed by atoms with Crippen molar-refractivity contribution in [2.45, 2.75) is 107 Å². The van der Waals surface area contributed by atoms with Gasteiger partial charge in [-0.15, -0.1) is 0 Å². The number of alkyl halides is 4. The number of carbonyl (C=O) groups excluding carboxylic acids is 2. The zero-order valence-electron chi connectivity index (χ0n) is 25.5. The van der Waals surface area contributed by atoms with Gasteiger partial charge >= 0.3 is 0 Å². The number of amides is 2. The van der Waals surface area contributed by atoms with E-state index in [-0.39, 0.29) is 68.6 Å². The second-order valence-electron chi connectivity index (χ2n) is 12.8. The minimum atomic E-state index is -2.98. The van der Waals surface area contributed by atoms with Crippen molar-refractivity contribution in [1.82, 2.24) is 44.6 Å². The number of nitrogens with one attached hydrogen (secondary N) is 1. The monoisotopic (exact) mass is 651 g/mol. The zero-order chi connectivity index (χ0) is 32.8. The molecule has 0 aromatic carbocycles. The fourth-order valence-corrected chi connectivity index (χ4v) is 6.53. The first-order chi connectivity index (χ1) is 21.8. The van der Waals surface area contributed by atoms with Crippen LogP contribution in [0.4, 0.5) is 17.6 Å². The molecule has 0 spiro atoms. The number of ether oxygens (including phenoxy) is 1. The van der Waals surface area contributed by atoms with E-state index in [1.54, 1.807) is 6.20 Å². The Bertz CT molecular complexity index is 1560. The summed E-state index contributed by atoms with van der Waals surface area (Å²) < 4.78 is 63.6. The number of aliphatic hydroxyl groups is 1. The van der Waals surface area contributed by atoms with Crippen LogP contribution in [0.15, 0.2) is 18.7 Å². The highest BCUT2D eigenvalue weighted by molar-refractivity contribution is 5.91. The van der Waals surface area contributed by atoms with Crippen molar-refractivity contribution in [3.8, 4) is 0 Å². The van der Waals surface area contributed by atoms with Crippen molar-refractivity contribution in [2.24, 2.45) is 5.92 Å². The highest BCUT2D eigenvalue weighted by Crippen LogP contribution is 2.41. The molecule has 2 N–H and O–H groups in total. The molecule has 2 aliphatic heterocycles. The number of aliphatic hydroxyl groups excluding tert-OH is 1. The predicted molar refractivity (Wildman–Crippen MR) is 152 cm³/mol. The lowest BCUT2D eigenvalue weighted by atomic mass is 9.81. The predicted octanol–water partition coefficient (Wildman–Crippen LogP) is 3.43. The molecule has 2 amide bonds. The molecule has 1 saturated carbocycles. The van der Waals surface area contributed by atoms with Gasteiger partial charge in [0.2, 0.25) is 11.7 Å². The summed E-state index contributed by atoms with van der Waals surface area (Å²) in [6.45, 7) is 3.04. The minimum Gasteiger partial charge on any atom is -0.393 e. The third-order valence-corrected chi connectivity index (χ3v) is 9.08. The molecule has 0 radical (unpaired) electrons. The molecule has 250 valence electrons. The summed E-state index contributed by atoms with van der Waals surface area (Å²) in [5.74, 6) is -6.88. The van der Waals surface area contributed by atoms with Crippen LogP contribution in [0.2, 0.25) is 0 Å². The van der Waals surface area contributed by atoms with Crippen LogP contribution in [0, 0.1) is 5.92 Å². The van der Waals surface area contributed by atoms with Gasteiger partial charge in [-0.1, -0.05) is 0 Å². The maximum Gasteiger partial charge on any atom is 0.289 e. The number of imidazole rings is 1. The molecule has 4 atom stereocenters. The number of hydrogen-bond donors (Lipinski definition) is 2. The van der Waals surface area contributed by atoms with Gasteiger partial charge in [0.1, 0.15) is 19.0 Å². The first-order valence-electron chi connectivity index (χ1n) is 15.6. The van der Waals surface area contributed by atoms with Gasteiger partial charge in [-0.3, -0.25) is 9.59 Å². The van der Waals surface area contributed by atoms with Gasteiger partial charge in [0.15, 0.2) is 0 Å². The fraction of sp³-hybridized carbons (Fsp3) is 0.690. The number of nitrogens with zero attached hydrogens (tertiary/aromatic N) is 8. The van der Waals surface area contributed by atoms with E-state index in [4.69, 9.17) is 4.74 Å². The standard InChI is InChI=1S/C29H37F4N9O4/c1-16(2)42-24(34-15-36-42)25(44)39-23(17-3-7-28(30,31)8-4-17)20-13-41-27(38-20)37-19(12-35-41)21-11-18(43)6-10-40(21)26(45)22-5-9-29(32,33)14-46-22/h12-13,15-18,21-23,43H,3-11,14H2,1-2H3,(H,39,44)/t18-,21-,22-,23-/m0/s1. The van der Waals surface area contributed by atoms with Crippen molar-refractivity contribution in [1.29, 1.82) is 0 Å². The average Bonchev–Trinajstić information content (AvgIpc) is 3.67. The number of fused-ring (bicyclic) bond motifs is 1. The van der Waals surface area contributed by atoms with Crippen molar-refractivity contribution >= 4 is 17.6 Å². The van der Waals surface area contributed by atoms with Crippen molar-refractivity contribution in [3.05, 3.63) is 35.9 Å². The molecule has 2 saturated heterocycles. The summed E-state index contributed by atoms with van der Waals surface area (Å²) in [6, 6.07) is -1.62. The number of hydrogen-bond acceptors (Lipinski definition) is 9. The van der Waals surface area contributed by atoms with Crippen LogP contribution in [-0.4, -0.2) is 93.4 Å². The topological polar surface area (TPSA) is 153 Å². The Balaban J connectivity index is 1.28. The van der Waals surface area contributed by atoms with E-state index in [9.17, 15) is 32.3 Å². The third-order valence-electron chi connectivity index (χ3n) is 9.08. The summed E-state index contributed by atoms with van der Waals surface area (Å²) >= 11 is 0. The molecular weight excluding hydrogens is 614 g/mol. The second-order valence-corrected chi connectivity index (χ2v) is 12.8. The second kappa shape index (κ2) is 12.5. The lowest BCUT2D eigenvalue weighted by Gasteiger charge is -2.40. The van der Waals surface area contributed by atoms with Gasteiger partial charge in [0.25, 0.3) is 23.5 Å². The van der Waals surface area contributed by atoms with Crippen LogP contribution < -0.4 is 5.32 Å². The molecule has 17 heteroatoms. The molecule has 0 bridgehead atoms. The van der Waals surface area contributed by atoms with E-state index < -0.39 is 61.0 Å². The fourth-order valence-electron chi connectivity index (χ4n) is 6.53. The Hall–Kier alpha value is -3.73. The number of piperidine rings is 1. The molecule has 0 unspecified atom stereocenters. The molecule has 3 aromatic heterocycles. The van der Waals surface area contributed by atoms with E-state index in [0.717, 1.165) is 0 Å². The summed E-state index contributed by atoms with van der Waals surface area (Å²) in [6.07, 6.45) is 2.07. The molecule has 5 heterocycles. The quantitative estimate of drug-likeness (QED) is 0.366. The van der Waals surface area contributed by atoms with Crippen molar-refractivity contribution < 1.29 is 37.0 Å².